The number of carbonyl (C=O) groups excluding carboxylic acids is 1. The summed E-state index contributed by atoms with van der Waals surface area (Å²) < 4.78 is 7.52. The number of ether oxygens (including phenoxy) is 1. The van der Waals surface area contributed by atoms with Crippen LogP contribution in [0.15, 0.2) is 30.5 Å². The van der Waals surface area contributed by atoms with Crippen molar-refractivity contribution >= 4 is 16.9 Å². The first-order chi connectivity index (χ1) is 11.2. The lowest BCUT2D eigenvalue weighted by Gasteiger charge is -2.31. The molecule has 1 aromatic carbocycles. The van der Waals surface area contributed by atoms with E-state index in [0.717, 1.165) is 43.4 Å². The number of aliphatic hydroxyl groups excluding tert-OH is 1. The monoisotopic (exact) mass is 316 g/mol. The lowest BCUT2D eigenvalue weighted by atomic mass is 9.98. The summed E-state index contributed by atoms with van der Waals surface area (Å²) in [6, 6.07) is 7.87. The molecule has 1 aliphatic heterocycles. The molecule has 0 atom stereocenters. The van der Waals surface area contributed by atoms with Crippen LogP contribution >= 0.6 is 0 Å². The number of fused-ring (bicyclic) bond motifs is 1. The molecule has 2 aromatic rings. The van der Waals surface area contributed by atoms with Crippen molar-refractivity contribution in [3.8, 4) is 0 Å². The third kappa shape index (κ3) is 3.57. The molecule has 0 radical (unpaired) electrons. The molecule has 1 saturated heterocycles. The summed E-state index contributed by atoms with van der Waals surface area (Å²) in [5.41, 5.74) is 1.68. The summed E-state index contributed by atoms with van der Waals surface area (Å²) in [4.78, 5) is 14.7. The van der Waals surface area contributed by atoms with Crippen LogP contribution in [0.25, 0.3) is 10.9 Å². The molecule has 0 spiro atoms. The van der Waals surface area contributed by atoms with Gasteiger partial charge in [-0.05, 0) is 37.9 Å². The fraction of sp³-hybridized carbons (Fsp3) is 0.500. The van der Waals surface area contributed by atoms with Crippen LogP contribution in [0.3, 0.4) is 0 Å². The van der Waals surface area contributed by atoms with Gasteiger partial charge in [0.2, 0.25) is 0 Å². The maximum absolute atomic E-state index is 12.4. The van der Waals surface area contributed by atoms with E-state index in [1.165, 1.54) is 0 Å². The molecule has 2 heterocycles. The van der Waals surface area contributed by atoms with E-state index >= 15 is 0 Å². The van der Waals surface area contributed by atoms with Crippen molar-refractivity contribution in [3.63, 3.8) is 0 Å². The number of carbonyl (C=O) groups is 1. The first kappa shape index (κ1) is 16.0. The number of para-hydroxylation sites is 1. The largest absolute Gasteiger partial charge is 0.462 e. The number of aryl methyl sites for hydroxylation is 1. The van der Waals surface area contributed by atoms with Crippen molar-refractivity contribution in [2.24, 2.45) is 13.0 Å². The number of β-amino-alcohol motifs (C(OH)–C–C–N with tert-alkyl or cyclic N) is 1. The summed E-state index contributed by atoms with van der Waals surface area (Å²) >= 11 is 0. The minimum atomic E-state index is -0.236. The van der Waals surface area contributed by atoms with Gasteiger partial charge in [0.15, 0.2) is 0 Å². The third-order valence-corrected chi connectivity index (χ3v) is 4.69. The zero-order valence-corrected chi connectivity index (χ0v) is 13.6. The summed E-state index contributed by atoms with van der Waals surface area (Å²) in [6.07, 6.45) is 3.88. The van der Waals surface area contributed by atoms with E-state index in [2.05, 4.69) is 4.90 Å². The number of benzene rings is 1. The van der Waals surface area contributed by atoms with Gasteiger partial charge in [-0.15, -0.1) is 0 Å². The Labute approximate surface area is 136 Å². The van der Waals surface area contributed by atoms with Gasteiger partial charge in [-0.3, -0.25) is 0 Å². The van der Waals surface area contributed by atoms with Gasteiger partial charge in [0.1, 0.15) is 0 Å². The molecule has 0 amide bonds. The number of aromatic nitrogens is 1. The predicted octanol–water partition coefficient (Wildman–Crippen LogP) is 2.04. The van der Waals surface area contributed by atoms with Crippen molar-refractivity contribution in [2.45, 2.75) is 12.8 Å². The highest BCUT2D eigenvalue weighted by atomic mass is 16.5. The van der Waals surface area contributed by atoms with Crippen LogP contribution in [0, 0.1) is 5.92 Å². The van der Waals surface area contributed by atoms with Gasteiger partial charge in [0, 0.05) is 30.7 Å². The molecule has 0 unspecified atom stereocenters. The Morgan fingerprint density at radius 3 is 2.78 bits per heavy atom. The second-order valence-corrected chi connectivity index (χ2v) is 6.28. The third-order valence-electron chi connectivity index (χ3n) is 4.69. The second kappa shape index (κ2) is 7.15. The van der Waals surface area contributed by atoms with Crippen LogP contribution in [0.1, 0.15) is 23.2 Å². The molecule has 0 saturated carbocycles. The molecule has 0 aliphatic carbocycles. The number of hydrogen-bond acceptors (Lipinski definition) is 4. The molecule has 1 aromatic heterocycles. The lowest BCUT2D eigenvalue weighted by Crippen LogP contribution is -2.37. The van der Waals surface area contributed by atoms with Crippen LogP contribution in [-0.2, 0) is 11.8 Å². The number of esters is 1. The van der Waals surface area contributed by atoms with E-state index in [-0.39, 0.29) is 12.6 Å². The maximum atomic E-state index is 12.4. The standard InChI is InChI=1S/C18H24N2O3/c1-19-12-16(15-4-2-3-5-17(15)19)18(22)23-13-14-6-8-20(9-7-14)10-11-21/h2-5,12,14,21H,6-11,13H2,1H3. The van der Waals surface area contributed by atoms with Gasteiger partial charge in [-0.2, -0.15) is 0 Å². The first-order valence-electron chi connectivity index (χ1n) is 8.23. The number of nitrogens with zero attached hydrogens (tertiary/aromatic N) is 2. The Bertz CT molecular complexity index is 672. The highest BCUT2D eigenvalue weighted by Gasteiger charge is 2.21. The smallest absolute Gasteiger partial charge is 0.340 e. The van der Waals surface area contributed by atoms with Crippen LogP contribution in [0.5, 0.6) is 0 Å². The molecule has 3 rings (SSSR count). The SMILES string of the molecule is Cn1cc(C(=O)OCC2CCN(CCO)CC2)c2ccccc21. The van der Waals surface area contributed by atoms with Crippen LogP contribution in [0.4, 0.5) is 0 Å². The normalized spacial score (nSPS) is 16.8. The summed E-state index contributed by atoms with van der Waals surface area (Å²) in [5.74, 6) is 0.184. The van der Waals surface area contributed by atoms with E-state index in [0.29, 0.717) is 18.1 Å². The summed E-state index contributed by atoms with van der Waals surface area (Å²) in [6.45, 7) is 3.37. The Hall–Kier alpha value is -1.85. The molecule has 1 aliphatic rings. The molecule has 1 N–H and O–H groups in total. The maximum Gasteiger partial charge on any atom is 0.340 e. The average molecular weight is 316 g/mol. The van der Waals surface area contributed by atoms with Gasteiger partial charge in [0.25, 0.3) is 0 Å². The number of hydrogen-bond donors (Lipinski definition) is 1. The minimum absolute atomic E-state index is 0.209. The average Bonchev–Trinajstić information content (AvgIpc) is 2.92. The van der Waals surface area contributed by atoms with Gasteiger partial charge < -0.3 is 19.3 Å². The Balaban J connectivity index is 1.57. The molecular formula is C18H24N2O3. The van der Waals surface area contributed by atoms with Gasteiger partial charge in [0.05, 0.1) is 18.8 Å². The van der Waals surface area contributed by atoms with Gasteiger partial charge in [-0.1, -0.05) is 18.2 Å². The molecule has 5 nitrogen and oxygen atoms in total. The van der Waals surface area contributed by atoms with E-state index in [1.807, 2.05) is 42.1 Å². The number of rotatable bonds is 5. The predicted molar refractivity (Wildman–Crippen MR) is 89.5 cm³/mol. The second-order valence-electron chi connectivity index (χ2n) is 6.28. The zero-order chi connectivity index (χ0) is 16.2. The van der Waals surface area contributed by atoms with Crippen LogP contribution in [0.2, 0.25) is 0 Å². The number of likely N-dealkylation sites (tertiary alicyclic amines) is 1. The topological polar surface area (TPSA) is 54.7 Å². The highest BCUT2D eigenvalue weighted by molar-refractivity contribution is 6.04. The quantitative estimate of drug-likeness (QED) is 0.858. The van der Waals surface area contributed by atoms with Crippen LogP contribution in [-0.4, -0.2) is 53.4 Å². The lowest BCUT2D eigenvalue weighted by molar-refractivity contribution is 0.0366. The first-order valence-corrected chi connectivity index (χ1v) is 8.23. The number of aliphatic hydroxyl groups is 1. The van der Waals surface area contributed by atoms with Crippen molar-refractivity contribution in [1.29, 1.82) is 0 Å². The molecule has 0 bridgehead atoms. The zero-order valence-electron chi connectivity index (χ0n) is 13.6. The summed E-state index contributed by atoms with van der Waals surface area (Å²) in [5, 5.41) is 9.90. The van der Waals surface area contributed by atoms with Crippen molar-refractivity contribution < 1.29 is 14.6 Å². The Morgan fingerprint density at radius 1 is 1.30 bits per heavy atom. The van der Waals surface area contributed by atoms with Crippen molar-refractivity contribution in [1.82, 2.24) is 9.47 Å². The van der Waals surface area contributed by atoms with Crippen molar-refractivity contribution in [3.05, 3.63) is 36.0 Å². The Kier molecular flexibility index (Phi) is 4.98. The van der Waals surface area contributed by atoms with E-state index in [9.17, 15) is 4.79 Å². The Morgan fingerprint density at radius 2 is 2.04 bits per heavy atom. The molecule has 23 heavy (non-hydrogen) atoms. The van der Waals surface area contributed by atoms with Crippen LogP contribution < -0.4 is 0 Å². The van der Waals surface area contributed by atoms with Gasteiger partial charge in [-0.25, -0.2) is 4.79 Å². The van der Waals surface area contributed by atoms with E-state index in [1.54, 1.807) is 0 Å². The minimum Gasteiger partial charge on any atom is -0.462 e. The molecule has 124 valence electrons. The molecule has 5 heteroatoms. The van der Waals surface area contributed by atoms with Gasteiger partial charge >= 0.3 is 5.97 Å². The molecular weight excluding hydrogens is 292 g/mol. The van der Waals surface area contributed by atoms with E-state index in [4.69, 9.17) is 9.84 Å². The summed E-state index contributed by atoms with van der Waals surface area (Å²) in [7, 11) is 1.94. The fourth-order valence-corrected chi connectivity index (χ4v) is 3.29. The molecule has 1 fully saturated rings. The fourth-order valence-electron chi connectivity index (χ4n) is 3.29. The van der Waals surface area contributed by atoms with Crippen molar-refractivity contribution in [2.75, 3.05) is 32.8 Å². The van der Waals surface area contributed by atoms with E-state index < -0.39 is 0 Å². The number of piperidine rings is 1. The highest BCUT2D eigenvalue weighted by Crippen LogP contribution is 2.22.